The first kappa shape index (κ1) is 31.2. The molecule has 5 atom stereocenters. The summed E-state index contributed by atoms with van der Waals surface area (Å²) >= 11 is 0. The Morgan fingerprint density at radius 2 is 1.65 bits per heavy atom. The molecule has 0 saturated heterocycles. The van der Waals surface area contributed by atoms with Gasteiger partial charge >= 0.3 is 0 Å². The lowest BCUT2D eigenvalue weighted by atomic mass is 9.64. The topological polar surface area (TPSA) is 48.4 Å². The molecule has 1 unspecified atom stereocenters. The lowest BCUT2D eigenvalue weighted by molar-refractivity contribution is -0.117. The normalized spacial score (nSPS) is 26.8. The van der Waals surface area contributed by atoms with Gasteiger partial charge in [0.05, 0.1) is 5.57 Å². The van der Waals surface area contributed by atoms with Crippen molar-refractivity contribution in [2.45, 2.75) is 70.4 Å². The Balaban J connectivity index is 1.05. The molecule has 1 saturated carbocycles. The van der Waals surface area contributed by atoms with Gasteiger partial charge in [-0.15, -0.1) is 0 Å². The van der Waals surface area contributed by atoms with E-state index < -0.39 is 8.32 Å². The number of nitrogens with zero attached hydrogens (tertiary/aromatic N) is 1. The number of aromatic nitrogens is 1. The molecule has 4 aromatic rings. The SMILES string of the molecule is CC(C)(C)[Si](OCC1CC(=O)C2=C(C1)O[C@@H]1C(=C2)C=C[C@]2(C)[C@@H](c3ccc4ccncc4c3)CC[C@@H]12)(c1ccccc1)c1ccccc1. The minimum absolute atomic E-state index is 0.0274. The molecule has 0 N–H and O–H groups in total. The summed E-state index contributed by atoms with van der Waals surface area (Å²) in [5.74, 6) is 1.87. The second kappa shape index (κ2) is 11.8. The summed E-state index contributed by atoms with van der Waals surface area (Å²) in [6.07, 6.45) is 14.0. The third-order valence-electron chi connectivity index (χ3n) is 11.8. The highest BCUT2D eigenvalue weighted by Crippen LogP contribution is 2.59. The van der Waals surface area contributed by atoms with Gasteiger partial charge in [0.1, 0.15) is 11.9 Å². The first-order valence-electron chi connectivity index (χ1n) is 17.6. The number of hydrogen-bond acceptors (Lipinski definition) is 4. The molecular weight excluding hydrogens is 607 g/mol. The molecule has 2 heterocycles. The van der Waals surface area contributed by atoms with E-state index in [-0.39, 0.29) is 28.3 Å². The molecule has 0 bridgehead atoms. The Morgan fingerprint density at radius 1 is 0.917 bits per heavy atom. The minimum Gasteiger partial charge on any atom is -0.489 e. The molecular formula is C43H45NO3Si. The molecule has 0 spiro atoms. The van der Waals surface area contributed by atoms with Gasteiger partial charge in [0, 0.05) is 43.1 Å². The fourth-order valence-corrected chi connectivity index (χ4v) is 14.0. The van der Waals surface area contributed by atoms with Crippen LogP contribution in [0.25, 0.3) is 10.8 Å². The molecule has 3 aromatic carbocycles. The molecule has 0 amide bonds. The van der Waals surface area contributed by atoms with E-state index in [1.165, 1.54) is 26.7 Å². The number of ether oxygens (including phenoxy) is 1. The van der Waals surface area contributed by atoms with E-state index in [1.54, 1.807) is 0 Å². The number of allylic oxidation sites excluding steroid dienone is 4. The van der Waals surface area contributed by atoms with E-state index in [9.17, 15) is 4.79 Å². The van der Waals surface area contributed by atoms with Crippen LogP contribution in [-0.2, 0) is 14.0 Å². The standard InChI is InChI=1S/C43H45NO3Si/c1-42(2,3)48(34-11-7-5-8-12-34,35-13-9-6-10-14-35)46-28-29-23-39(45)36-26-32-19-21-43(4)37(17-18-38(43)41(32)47-40(36)24-29)31-16-15-30-20-22-44-27-33(30)25-31/h5-16,19-22,25-27,29,37-38,41H,17-18,23-24,28H2,1-4H3/t29?,37-,38+,41-,43-/m1/s1. The van der Waals surface area contributed by atoms with Crippen molar-refractivity contribution < 1.29 is 14.0 Å². The van der Waals surface area contributed by atoms with Crippen LogP contribution >= 0.6 is 0 Å². The van der Waals surface area contributed by atoms with Crippen molar-refractivity contribution in [3.63, 3.8) is 0 Å². The third kappa shape index (κ3) is 5.05. The zero-order valence-electron chi connectivity index (χ0n) is 28.5. The molecule has 1 fully saturated rings. The number of rotatable bonds is 6. The quantitative estimate of drug-likeness (QED) is 0.196. The van der Waals surface area contributed by atoms with Crippen molar-refractivity contribution in [3.8, 4) is 0 Å². The number of fused-ring (bicyclic) bond motifs is 4. The Hall–Kier alpha value is -4.06. The van der Waals surface area contributed by atoms with Crippen molar-refractivity contribution in [1.82, 2.24) is 4.98 Å². The van der Waals surface area contributed by atoms with Crippen LogP contribution in [0.2, 0.25) is 5.04 Å². The molecule has 8 rings (SSSR count). The average molecular weight is 652 g/mol. The molecule has 244 valence electrons. The van der Waals surface area contributed by atoms with Crippen LogP contribution < -0.4 is 10.4 Å². The molecule has 5 heteroatoms. The Kier molecular flexibility index (Phi) is 7.69. The number of carbonyl (C=O) groups is 1. The van der Waals surface area contributed by atoms with Crippen molar-refractivity contribution in [2.75, 3.05) is 6.61 Å². The largest absolute Gasteiger partial charge is 0.489 e. The number of pyridine rings is 1. The fraction of sp³-hybridized carbons (Fsp3) is 0.349. The maximum atomic E-state index is 13.8. The van der Waals surface area contributed by atoms with Crippen molar-refractivity contribution in [3.05, 3.63) is 138 Å². The highest BCUT2D eigenvalue weighted by atomic mass is 28.4. The summed E-state index contributed by atoms with van der Waals surface area (Å²) < 4.78 is 14.3. The van der Waals surface area contributed by atoms with E-state index in [2.05, 4.69) is 136 Å². The first-order chi connectivity index (χ1) is 23.2. The summed E-state index contributed by atoms with van der Waals surface area (Å²) in [6.45, 7) is 9.86. The van der Waals surface area contributed by atoms with Gasteiger partial charge in [-0.1, -0.05) is 113 Å². The van der Waals surface area contributed by atoms with E-state index >= 15 is 0 Å². The number of carbonyl (C=O) groups excluding carboxylic acids is 1. The number of Topliss-reactive ketones (excluding diaryl/α,β-unsaturated/α-hetero) is 1. The lowest BCUT2D eigenvalue weighted by Gasteiger charge is -2.45. The van der Waals surface area contributed by atoms with Crippen LogP contribution in [0.15, 0.2) is 132 Å². The van der Waals surface area contributed by atoms with E-state index in [4.69, 9.17) is 9.16 Å². The van der Waals surface area contributed by atoms with Gasteiger partial charge in [0.25, 0.3) is 8.32 Å². The van der Waals surface area contributed by atoms with Gasteiger partial charge in [-0.25, -0.2) is 0 Å². The molecule has 48 heavy (non-hydrogen) atoms. The van der Waals surface area contributed by atoms with Crippen LogP contribution in [0.1, 0.15) is 64.9 Å². The third-order valence-corrected chi connectivity index (χ3v) is 16.8. The van der Waals surface area contributed by atoms with Gasteiger partial charge in [-0.2, -0.15) is 0 Å². The van der Waals surface area contributed by atoms with Crippen LogP contribution in [0.3, 0.4) is 0 Å². The summed E-state index contributed by atoms with van der Waals surface area (Å²) in [4.78, 5) is 18.1. The number of ketones is 1. The van der Waals surface area contributed by atoms with Crippen LogP contribution in [0.4, 0.5) is 0 Å². The maximum Gasteiger partial charge on any atom is 0.261 e. The second-order valence-corrected chi connectivity index (χ2v) is 19.9. The number of hydrogen-bond donors (Lipinski definition) is 0. The van der Waals surface area contributed by atoms with Gasteiger partial charge in [-0.05, 0) is 80.2 Å². The average Bonchev–Trinajstić information content (AvgIpc) is 3.45. The highest BCUT2D eigenvalue weighted by molar-refractivity contribution is 6.99. The molecule has 1 aromatic heterocycles. The zero-order valence-corrected chi connectivity index (χ0v) is 29.5. The van der Waals surface area contributed by atoms with E-state index in [1.807, 2.05) is 12.4 Å². The van der Waals surface area contributed by atoms with Gasteiger partial charge in [-0.3, -0.25) is 9.78 Å². The predicted molar refractivity (Wildman–Crippen MR) is 196 cm³/mol. The van der Waals surface area contributed by atoms with Crippen molar-refractivity contribution in [1.29, 1.82) is 0 Å². The molecule has 4 nitrogen and oxygen atoms in total. The van der Waals surface area contributed by atoms with Crippen LogP contribution in [0.5, 0.6) is 0 Å². The predicted octanol–water partition coefficient (Wildman–Crippen LogP) is 8.44. The summed E-state index contributed by atoms with van der Waals surface area (Å²) in [5, 5.41) is 4.83. The molecule has 4 aliphatic rings. The highest BCUT2D eigenvalue weighted by Gasteiger charge is 2.54. The smallest absolute Gasteiger partial charge is 0.261 e. The molecule has 1 aliphatic heterocycles. The first-order valence-corrected chi connectivity index (χ1v) is 19.5. The Labute approximate surface area is 285 Å². The summed E-state index contributed by atoms with van der Waals surface area (Å²) in [6, 6.07) is 30.5. The van der Waals surface area contributed by atoms with Crippen LogP contribution in [-0.4, -0.2) is 31.8 Å². The number of benzene rings is 3. The lowest BCUT2D eigenvalue weighted by Crippen LogP contribution is -2.67. The van der Waals surface area contributed by atoms with Crippen molar-refractivity contribution in [2.24, 2.45) is 17.3 Å². The second-order valence-electron chi connectivity index (χ2n) is 15.6. The van der Waals surface area contributed by atoms with E-state index in [0.717, 1.165) is 36.2 Å². The van der Waals surface area contributed by atoms with Gasteiger partial charge < -0.3 is 9.16 Å². The van der Waals surface area contributed by atoms with Gasteiger partial charge in [0.15, 0.2) is 5.78 Å². The maximum absolute atomic E-state index is 13.8. The molecule has 0 radical (unpaired) electrons. The van der Waals surface area contributed by atoms with Gasteiger partial charge in [0.2, 0.25) is 0 Å². The monoisotopic (exact) mass is 651 g/mol. The van der Waals surface area contributed by atoms with E-state index in [0.29, 0.717) is 24.9 Å². The minimum atomic E-state index is -2.70. The van der Waals surface area contributed by atoms with Crippen LogP contribution in [0, 0.1) is 17.3 Å². The van der Waals surface area contributed by atoms with Crippen molar-refractivity contribution >= 4 is 35.2 Å². The summed E-state index contributed by atoms with van der Waals surface area (Å²) in [7, 11) is -2.70. The zero-order chi connectivity index (χ0) is 33.1. The Bertz CT molecular complexity index is 1920. The summed E-state index contributed by atoms with van der Waals surface area (Å²) in [5.41, 5.74) is 3.27. The fourth-order valence-electron chi connectivity index (χ4n) is 9.36. The Morgan fingerprint density at radius 3 is 2.35 bits per heavy atom. The molecule has 3 aliphatic carbocycles.